The number of rotatable bonds is 4. The summed E-state index contributed by atoms with van der Waals surface area (Å²) in [6, 6.07) is 8.83. The minimum Gasteiger partial charge on any atom is -0.379 e. The van der Waals surface area contributed by atoms with Gasteiger partial charge in [-0.25, -0.2) is 10.0 Å². The van der Waals surface area contributed by atoms with Gasteiger partial charge in [-0.15, -0.1) is 0 Å². The Labute approximate surface area is 142 Å². The van der Waals surface area contributed by atoms with Crippen molar-refractivity contribution in [1.82, 2.24) is 15.2 Å². The molecule has 2 aliphatic rings. The number of hydrazine groups is 1. The zero-order valence-corrected chi connectivity index (χ0v) is 14.1. The second kappa shape index (κ2) is 7.29. The third kappa shape index (κ3) is 3.43. The van der Waals surface area contributed by atoms with E-state index in [9.17, 15) is 9.59 Å². The van der Waals surface area contributed by atoms with Crippen LogP contribution in [0.15, 0.2) is 30.3 Å². The Morgan fingerprint density at radius 1 is 1.25 bits per heavy atom. The van der Waals surface area contributed by atoms with E-state index in [1.54, 1.807) is 5.01 Å². The van der Waals surface area contributed by atoms with Crippen molar-refractivity contribution in [2.24, 2.45) is 0 Å². The quantitative estimate of drug-likeness (QED) is 0.846. The van der Waals surface area contributed by atoms with E-state index in [2.05, 4.69) is 5.32 Å². The van der Waals surface area contributed by atoms with Crippen molar-refractivity contribution in [3.63, 3.8) is 0 Å². The van der Waals surface area contributed by atoms with Crippen molar-refractivity contribution in [3.8, 4) is 0 Å². The third-order valence-electron chi connectivity index (χ3n) is 4.65. The molecule has 0 radical (unpaired) electrons. The molecule has 2 fully saturated rings. The standard InChI is InChI=1S/C17H24N4O3/c1-13-16(18-15(22)12-20-8-10-24-11-9-20)17(23)21(19(13)2)14-6-4-3-5-7-14/h3-7,13,16H,8-12H2,1-2H3,(H,18,22). The van der Waals surface area contributed by atoms with Gasteiger partial charge in [-0.1, -0.05) is 18.2 Å². The monoisotopic (exact) mass is 332 g/mol. The van der Waals surface area contributed by atoms with E-state index in [-0.39, 0.29) is 17.9 Å². The van der Waals surface area contributed by atoms with Crippen LogP contribution in [0.5, 0.6) is 0 Å². The molecule has 0 aromatic heterocycles. The molecular formula is C17H24N4O3. The van der Waals surface area contributed by atoms with E-state index in [0.717, 1.165) is 18.8 Å². The van der Waals surface area contributed by atoms with Crippen LogP contribution in [0.1, 0.15) is 6.92 Å². The highest BCUT2D eigenvalue weighted by Gasteiger charge is 2.43. The number of para-hydroxylation sites is 1. The van der Waals surface area contributed by atoms with Crippen LogP contribution >= 0.6 is 0 Å². The SMILES string of the molecule is CC1C(NC(=O)CN2CCOCC2)C(=O)N(c2ccccc2)N1C. The van der Waals surface area contributed by atoms with E-state index in [0.29, 0.717) is 19.8 Å². The number of anilines is 1. The molecule has 0 bridgehead atoms. The number of carbonyl (C=O) groups is 2. The number of benzene rings is 1. The van der Waals surface area contributed by atoms with Crippen LogP contribution < -0.4 is 10.3 Å². The Hall–Kier alpha value is -1.96. The van der Waals surface area contributed by atoms with Crippen molar-refractivity contribution in [2.75, 3.05) is 44.9 Å². The van der Waals surface area contributed by atoms with E-state index < -0.39 is 6.04 Å². The smallest absolute Gasteiger partial charge is 0.265 e. The fourth-order valence-electron chi connectivity index (χ4n) is 3.13. The molecule has 130 valence electrons. The lowest BCUT2D eigenvalue weighted by Gasteiger charge is -2.27. The fraction of sp³-hybridized carbons (Fsp3) is 0.529. The highest BCUT2D eigenvalue weighted by atomic mass is 16.5. The van der Waals surface area contributed by atoms with Gasteiger partial charge in [0.2, 0.25) is 5.91 Å². The van der Waals surface area contributed by atoms with Gasteiger partial charge in [0.05, 0.1) is 31.5 Å². The molecule has 7 heteroatoms. The van der Waals surface area contributed by atoms with Gasteiger partial charge in [-0.3, -0.25) is 14.5 Å². The lowest BCUT2D eigenvalue weighted by Crippen LogP contribution is -2.50. The van der Waals surface area contributed by atoms with Gasteiger partial charge < -0.3 is 10.1 Å². The molecule has 2 heterocycles. The van der Waals surface area contributed by atoms with Crippen LogP contribution in [0.2, 0.25) is 0 Å². The molecule has 1 N–H and O–H groups in total. The second-order valence-corrected chi connectivity index (χ2v) is 6.23. The van der Waals surface area contributed by atoms with Crippen LogP contribution in [0.25, 0.3) is 0 Å². The Morgan fingerprint density at radius 3 is 2.58 bits per heavy atom. The van der Waals surface area contributed by atoms with Gasteiger partial charge in [0.15, 0.2) is 0 Å². The average molecular weight is 332 g/mol. The molecule has 2 amide bonds. The molecule has 0 aliphatic carbocycles. The molecule has 7 nitrogen and oxygen atoms in total. The first-order valence-corrected chi connectivity index (χ1v) is 8.29. The maximum absolute atomic E-state index is 12.8. The number of hydrogen-bond acceptors (Lipinski definition) is 5. The number of ether oxygens (including phenoxy) is 1. The summed E-state index contributed by atoms with van der Waals surface area (Å²) in [5.74, 6) is -0.225. The first-order chi connectivity index (χ1) is 11.6. The van der Waals surface area contributed by atoms with Crippen LogP contribution in [-0.2, 0) is 14.3 Å². The van der Waals surface area contributed by atoms with Gasteiger partial charge in [0, 0.05) is 20.1 Å². The first kappa shape index (κ1) is 16.9. The zero-order chi connectivity index (χ0) is 17.1. The molecular weight excluding hydrogens is 308 g/mol. The van der Waals surface area contributed by atoms with Crippen molar-refractivity contribution in [3.05, 3.63) is 30.3 Å². The number of nitrogens with zero attached hydrogens (tertiary/aromatic N) is 3. The van der Waals surface area contributed by atoms with E-state index in [4.69, 9.17) is 4.74 Å². The summed E-state index contributed by atoms with van der Waals surface area (Å²) in [6.07, 6.45) is 0. The minimum absolute atomic E-state index is 0.105. The number of hydrogen-bond donors (Lipinski definition) is 1. The van der Waals surface area contributed by atoms with Crippen LogP contribution in [0.3, 0.4) is 0 Å². The molecule has 3 rings (SSSR count). The first-order valence-electron chi connectivity index (χ1n) is 8.29. The molecule has 2 atom stereocenters. The van der Waals surface area contributed by atoms with Crippen molar-refractivity contribution >= 4 is 17.5 Å². The third-order valence-corrected chi connectivity index (χ3v) is 4.65. The molecule has 2 saturated heterocycles. The van der Waals surface area contributed by atoms with Crippen molar-refractivity contribution < 1.29 is 14.3 Å². The molecule has 0 spiro atoms. The molecule has 0 saturated carbocycles. The largest absolute Gasteiger partial charge is 0.379 e. The van der Waals surface area contributed by atoms with Gasteiger partial charge in [-0.2, -0.15) is 0 Å². The maximum atomic E-state index is 12.8. The summed E-state index contributed by atoms with van der Waals surface area (Å²) < 4.78 is 5.29. The number of carbonyl (C=O) groups excluding carboxylic acids is 2. The minimum atomic E-state index is -0.538. The second-order valence-electron chi connectivity index (χ2n) is 6.23. The van der Waals surface area contributed by atoms with Crippen LogP contribution in [0.4, 0.5) is 5.69 Å². The lowest BCUT2D eigenvalue weighted by molar-refractivity contribution is -0.128. The van der Waals surface area contributed by atoms with Gasteiger partial charge in [0.25, 0.3) is 5.91 Å². The highest BCUT2D eigenvalue weighted by molar-refractivity contribution is 6.01. The summed E-state index contributed by atoms with van der Waals surface area (Å²) in [7, 11) is 1.86. The normalized spacial score (nSPS) is 25.9. The van der Waals surface area contributed by atoms with E-state index >= 15 is 0 Å². The number of nitrogens with one attached hydrogen (secondary N) is 1. The molecule has 24 heavy (non-hydrogen) atoms. The molecule has 2 aliphatic heterocycles. The lowest BCUT2D eigenvalue weighted by atomic mass is 10.1. The predicted octanol–water partition coefficient (Wildman–Crippen LogP) is 0.0855. The molecule has 1 aromatic carbocycles. The molecule has 1 aromatic rings. The van der Waals surface area contributed by atoms with Gasteiger partial charge in [-0.05, 0) is 19.1 Å². The number of likely N-dealkylation sites (N-methyl/N-ethyl adjacent to an activating group) is 1. The van der Waals surface area contributed by atoms with E-state index in [1.807, 2.05) is 54.2 Å². The average Bonchev–Trinajstić information content (AvgIpc) is 2.80. The van der Waals surface area contributed by atoms with Gasteiger partial charge in [0.1, 0.15) is 6.04 Å². The molecule has 2 unspecified atom stereocenters. The topological polar surface area (TPSA) is 65.1 Å². The highest BCUT2D eigenvalue weighted by Crippen LogP contribution is 2.25. The van der Waals surface area contributed by atoms with Crippen LogP contribution in [0, 0.1) is 0 Å². The summed E-state index contributed by atoms with van der Waals surface area (Å²) in [5.41, 5.74) is 0.807. The Bertz CT molecular complexity index is 589. The summed E-state index contributed by atoms with van der Waals surface area (Å²) in [6.45, 7) is 5.04. The summed E-state index contributed by atoms with van der Waals surface area (Å²) >= 11 is 0. The Kier molecular flexibility index (Phi) is 5.13. The summed E-state index contributed by atoms with van der Waals surface area (Å²) in [4.78, 5) is 27.2. The van der Waals surface area contributed by atoms with Crippen molar-refractivity contribution in [1.29, 1.82) is 0 Å². The predicted molar refractivity (Wildman–Crippen MR) is 90.3 cm³/mol. The maximum Gasteiger partial charge on any atom is 0.265 e. The Morgan fingerprint density at radius 2 is 1.92 bits per heavy atom. The van der Waals surface area contributed by atoms with Crippen LogP contribution in [-0.4, -0.2) is 73.7 Å². The van der Waals surface area contributed by atoms with Gasteiger partial charge >= 0.3 is 0 Å². The Balaban J connectivity index is 1.65. The zero-order valence-electron chi connectivity index (χ0n) is 14.1. The van der Waals surface area contributed by atoms with Crippen molar-refractivity contribution in [2.45, 2.75) is 19.0 Å². The van der Waals surface area contributed by atoms with E-state index in [1.165, 1.54) is 0 Å². The number of morpholine rings is 1. The number of amides is 2. The summed E-state index contributed by atoms with van der Waals surface area (Å²) in [5, 5.41) is 6.40. The fourth-order valence-corrected chi connectivity index (χ4v) is 3.13.